The summed E-state index contributed by atoms with van der Waals surface area (Å²) in [4.78, 5) is 30.1. The van der Waals surface area contributed by atoms with Gasteiger partial charge in [-0.15, -0.1) is 0 Å². The monoisotopic (exact) mass is 413 g/mol. The summed E-state index contributed by atoms with van der Waals surface area (Å²) < 4.78 is 6.65. The van der Waals surface area contributed by atoms with Crippen molar-refractivity contribution in [3.8, 4) is 5.75 Å². The minimum absolute atomic E-state index is 0.0309. The number of fused-ring (bicyclic) bond motifs is 1. The zero-order valence-corrected chi connectivity index (χ0v) is 17.1. The van der Waals surface area contributed by atoms with Gasteiger partial charge in [-0.1, -0.05) is 23.9 Å². The Balaban J connectivity index is 1.83. The van der Waals surface area contributed by atoms with Crippen LogP contribution in [0.3, 0.4) is 0 Å². The highest BCUT2D eigenvalue weighted by Gasteiger charge is 2.19. The molecular weight excluding hydrogens is 390 g/mol. The molecule has 3 aromatic rings. The highest BCUT2D eigenvalue weighted by Crippen LogP contribution is 2.24. The summed E-state index contributed by atoms with van der Waals surface area (Å²) in [6.45, 7) is 2.07. The van der Waals surface area contributed by atoms with Crippen LogP contribution in [0.2, 0.25) is 0 Å². The van der Waals surface area contributed by atoms with Gasteiger partial charge in [-0.05, 0) is 49.7 Å². The molecule has 1 atom stereocenters. The fourth-order valence-corrected chi connectivity index (χ4v) is 3.73. The van der Waals surface area contributed by atoms with Crippen LogP contribution in [0.25, 0.3) is 10.9 Å². The molecule has 8 heteroatoms. The SMILES string of the molecule is COc1ccc(NC(=O)[C@H](C)Sc2nc3ccccc3c(=O)n2CCCO)cc1. The lowest BCUT2D eigenvalue weighted by Crippen LogP contribution is -2.27. The van der Waals surface area contributed by atoms with E-state index in [4.69, 9.17) is 4.74 Å². The van der Waals surface area contributed by atoms with Crippen LogP contribution in [-0.4, -0.2) is 39.5 Å². The number of benzene rings is 2. The Bertz CT molecular complexity index is 1050. The number of hydrogen-bond acceptors (Lipinski definition) is 6. The van der Waals surface area contributed by atoms with Crippen molar-refractivity contribution in [2.24, 2.45) is 0 Å². The number of anilines is 1. The molecule has 1 aromatic heterocycles. The molecule has 3 rings (SSSR count). The molecule has 29 heavy (non-hydrogen) atoms. The van der Waals surface area contributed by atoms with E-state index in [1.54, 1.807) is 56.5 Å². The first-order chi connectivity index (χ1) is 14.0. The molecular formula is C21H23N3O4S. The first-order valence-corrected chi connectivity index (χ1v) is 10.1. The van der Waals surface area contributed by atoms with Gasteiger partial charge in [-0.25, -0.2) is 4.98 Å². The van der Waals surface area contributed by atoms with Gasteiger partial charge in [0.05, 0.1) is 23.3 Å². The van der Waals surface area contributed by atoms with E-state index in [0.717, 1.165) is 0 Å². The van der Waals surface area contributed by atoms with Crippen LogP contribution in [0, 0.1) is 0 Å². The number of rotatable bonds is 8. The maximum absolute atomic E-state index is 12.9. The second kappa shape index (κ2) is 9.58. The Labute approximate surface area is 172 Å². The number of aliphatic hydroxyl groups is 1. The van der Waals surface area contributed by atoms with Gasteiger partial charge in [-0.3, -0.25) is 14.2 Å². The molecule has 1 amide bonds. The van der Waals surface area contributed by atoms with E-state index in [9.17, 15) is 14.7 Å². The van der Waals surface area contributed by atoms with Crippen molar-refractivity contribution in [3.63, 3.8) is 0 Å². The lowest BCUT2D eigenvalue weighted by Gasteiger charge is -2.16. The number of hydrogen-bond donors (Lipinski definition) is 2. The maximum Gasteiger partial charge on any atom is 0.262 e. The van der Waals surface area contributed by atoms with Crippen LogP contribution in [-0.2, 0) is 11.3 Å². The van der Waals surface area contributed by atoms with E-state index >= 15 is 0 Å². The Hall–Kier alpha value is -2.84. The average molecular weight is 413 g/mol. The molecule has 1 heterocycles. The predicted octanol–water partition coefficient (Wildman–Crippen LogP) is 2.91. The summed E-state index contributed by atoms with van der Waals surface area (Å²) in [6, 6.07) is 14.2. The number of nitrogens with zero attached hydrogens (tertiary/aromatic N) is 2. The zero-order valence-electron chi connectivity index (χ0n) is 16.3. The smallest absolute Gasteiger partial charge is 0.262 e. The van der Waals surface area contributed by atoms with Crippen LogP contribution in [0.5, 0.6) is 5.75 Å². The van der Waals surface area contributed by atoms with Crippen LogP contribution in [0.15, 0.2) is 58.5 Å². The van der Waals surface area contributed by atoms with E-state index in [1.807, 2.05) is 6.07 Å². The highest BCUT2D eigenvalue weighted by atomic mass is 32.2. The van der Waals surface area contributed by atoms with Crippen LogP contribution >= 0.6 is 11.8 Å². The summed E-state index contributed by atoms with van der Waals surface area (Å²) in [7, 11) is 1.58. The Morgan fingerprint density at radius 3 is 2.66 bits per heavy atom. The molecule has 0 fully saturated rings. The van der Waals surface area contributed by atoms with Gasteiger partial charge in [0.1, 0.15) is 5.75 Å². The molecule has 0 saturated carbocycles. The topological polar surface area (TPSA) is 93.5 Å². The molecule has 0 bridgehead atoms. The third kappa shape index (κ3) is 4.96. The van der Waals surface area contributed by atoms with Crippen molar-refractivity contribution in [2.75, 3.05) is 19.0 Å². The van der Waals surface area contributed by atoms with Crippen molar-refractivity contribution in [1.82, 2.24) is 9.55 Å². The predicted molar refractivity (Wildman–Crippen MR) is 115 cm³/mol. The van der Waals surface area contributed by atoms with Gasteiger partial charge in [0, 0.05) is 18.8 Å². The molecule has 0 aliphatic carbocycles. The minimum atomic E-state index is -0.481. The standard InChI is InChI=1S/C21H23N3O4S/c1-14(19(26)22-15-8-10-16(28-2)11-9-15)29-21-23-18-7-4-3-6-17(18)20(27)24(21)12-5-13-25/h3-4,6-11,14,25H,5,12-13H2,1-2H3,(H,22,26)/t14-/m0/s1. The number of carbonyl (C=O) groups is 1. The summed E-state index contributed by atoms with van der Waals surface area (Å²) in [6.07, 6.45) is 0.430. The summed E-state index contributed by atoms with van der Waals surface area (Å²) in [5, 5.41) is 12.5. The number of methoxy groups -OCH3 is 1. The fourth-order valence-electron chi connectivity index (χ4n) is 2.79. The van der Waals surface area contributed by atoms with E-state index < -0.39 is 5.25 Å². The van der Waals surface area contributed by atoms with E-state index in [2.05, 4.69) is 10.3 Å². The molecule has 7 nitrogen and oxygen atoms in total. The highest BCUT2D eigenvalue weighted by molar-refractivity contribution is 8.00. The van der Waals surface area contributed by atoms with Gasteiger partial charge >= 0.3 is 0 Å². The zero-order chi connectivity index (χ0) is 20.8. The van der Waals surface area contributed by atoms with Crippen LogP contribution < -0.4 is 15.6 Å². The number of para-hydroxylation sites is 1. The van der Waals surface area contributed by atoms with Crippen molar-refractivity contribution in [2.45, 2.75) is 30.3 Å². The number of aliphatic hydroxyl groups excluding tert-OH is 1. The first-order valence-electron chi connectivity index (χ1n) is 9.25. The fraction of sp³-hybridized carbons (Fsp3) is 0.286. The van der Waals surface area contributed by atoms with E-state index in [0.29, 0.717) is 40.5 Å². The summed E-state index contributed by atoms with van der Waals surface area (Å²) in [5.74, 6) is 0.509. The van der Waals surface area contributed by atoms with Crippen molar-refractivity contribution < 1.29 is 14.6 Å². The Morgan fingerprint density at radius 2 is 1.97 bits per heavy atom. The Kier molecular flexibility index (Phi) is 6.90. The van der Waals surface area contributed by atoms with E-state index in [1.165, 1.54) is 16.3 Å². The second-order valence-electron chi connectivity index (χ2n) is 6.42. The molecule has 0 aliphatic rings. The lowest BCUT2D eigenvalue weighted by atomic mass is 10.2. The third-order valence-electron chi connectivity index (χ3n) is 4.38. The van der Waals surface area contributed by atoms with Gasteiger partial charge in [0.25, 0.3) is 5.56 Å². The van der Waals surface area contributed by atoms with Crippen molar-refractivity contribution in [1.29, 1.82) is 0 Å². The Morgan fingerprint density at radius 1 is 1.24 bits per heavy atom. The first kappa shape index (κ1) is 20.9. The largest absolute Gasteiger partial charge is 0.497 e. The van der Waals surface area contributed by atoms with Gasteiger partial charge < -0.3 is 15.2 Å². The molecule has 0 spiro atoms. The summed E-state index contributed by atoms with van der Waals surface area (Å²) >= 11 is 1.22. The molecule has 152 valence electrons. The second-order valence-corrected chi connectivity index (χ2v) is 7.73. The third-order valence-corrected chi connectivity index (χ3v) is 5.47. The van der Waals surface area contributed by atoms with Crippen molar-refractivity contribution >= 4 is 34.3 Å². The number of ether oxygens (including phenoxy) is 1. The molecule has 0 unspecified atom stereocenters. The van der Waals surface area contributed by atoms with Crippen molar-refractivity contribution in [3.05, 3.63) is 58.9 Å². The quantitative estimate of drug-likeness (QED) is 0.436. The number of thioether (sulfide) groups is 1. The number of aromatic nitrogens is 2. The molecule has 0 saturated heterocycles. The van der Waals surface area contributed by atoms with E-state index in [-0.39, 0.29) is 18.1 Å². The number of nitrogens with one attached hydrogen (secondary N) is 1. The molecule has 0 radical (unpaired) electrons. The minimum Gasteiger partial charge on any atom is -0.497 e. The average Bonchev–Trinajstić information content (AvgIpc) is 2.74. The molecule has 0 aliphatic heterocycles. The normalized spacial score (nSPS) is 12.0. The van der Waals surface area contributed by atoms with Gasteiger partial charge in [0.15, 0.2) is 5.16 Å². The summed E-state index contributed by atoms with van der Waals surface area (Å²) in [5.41, 5.74) is 1.07. The molecule has 2 aromatic carbocycles. The lowest BCUT2D eigenvalue weighted by molar-refractivity contribution is -0.115. The van der Waals surface area contributed by atoms with Crippen LogP contribution in [0.4, 0.5) is 5.69 Å². The molecule has 2 N–H and O–H groups in total. The number of amides is 1. The van der Waals surface area contributed by atoms with Gasteiger partial charge in [-0.2, -0.15) is 0 Å². The van der Waals surface area contributed by atoms with Crippen LogP contribution in [0.1, 0.15) is 13.3 Å². The maximum atomic E-state index is 12.9. The number of carbonyl (C=O) groups excluding carboxylic acids is 1. The van der Waals surface area contributed by atoms with Gasteiger partial charge in [0.2, 0.25) is 5.91 Å².